The first-order chi connectivity index (χ1) is 14.5. The quantitative estimate of drug-likeness (QED) is 0.107. The van der Waals surface area contributed by atoms with Crippen LogP contribution in [-0.2, 0) is 19.6 Å². The molecule has 9 nitrogen and oxygen atoms in total. The van der Waals surface area contributed by atoms with Crippen LogP contribution in [0.4, 0.5) is 5.69 Å². The number of nitro groups is 1. The molecule has 0 amide bonds. The Morgan fingerprint density at radius 2 is 2.00 bits per heavy atom. The van der Waals surface area contributed by atoms with Crippen LogP contribution in [-0.4, -0.2) is 27.2 Å². The van der Waals surface area contributed by atoms with E-state index in [9.17, 15) is 10.1 Å². The lowest BCUT2D eigenvalue weighted by Crippen LogP contribution is -2.37. The molecule has 0 fully saturated rings. The Bertz CT molecular complexity index is 983. The highest BCUT2D eigenvalue weighted by Crippen LogP contribution is 2.12. The lowest BCUT2D eigenvalue weighted by molar-refractivity contribution is -0.384. The van der Waals surface area contributed by atoms with Gasteiger partial charge in [0.2, 0.25) is 0 Å². The van der Waals surface area contributed by atoms with Gasteiger partial charge in [-0.1, -0.05) is 12.1 Å². The van der Waals surface area contributed by atoms with Crippen LogP contribution in [0.25, 0.3) is 0 Å². The van der Waals surface area contributed by atoms with Gasteiger partial charge >= 0.3 is 0 Å². The molecule has 2 aromatic heterocycles. The minimum Gasteiger partial charge on any atom is -0.467 e. The van der Waals surface area contributed by atoms with E-state index in [2.05, 4.69) is 33.7 Å². The van der Waals surface area contributed by atoms with Crippen molar-refractivity contribution in [2.75, 3.05) is 6.54 Å². The average molecular weight is 538 g/mol. The fraction of sp³-hybridized carbons (Fsp3) is 0.333. The molecule has 0 unspecified atom stereocenters. The molecule has 0 aliphatic rings. The van der Waals surface area contributed by atoms with Crippen molar-refractivity contribution < 1.29 is 9.34 Å². The van der Waals surface area contributed by atoms with Crippen molar-refractivity contribution >= 4 is 35.6 Å². The van der Waals surface area contributed by atoms with E-state index < -0.39 is 4.92 Å². The van der Waals surface area contributed by atoms with Crippen LogP contribution in [0, 0.1) is 24.0 Å². The normalized spacial score (nSPS) is 11.1. The summed E-state index contributed by atoms with van der Waals surface area (Å²) in [6.45, 7) is 6.50. The first kappa shape index (κ1) is 24.4. The van der Waals surface area contributed by atoms with Crippen LogP contribution < -0.4 is 10.6 Å². The van der Waals surface area contributed by atoms with Gasteiger partial charge in [-0.3, -0.25) is 14.8 Å². The predicted molar refractivity (Wildman–Crippen MR) is 130 cm³/mol. The summed E-state index contributed by atoms with van der Waals surface area (Å²) in [5.41, 5.74) is 3.13. The minimum atomic E-state index is -0.409. The van der Waals surface area contributed by atoms with E-state index in [1.165, 1.54) is 12.1 Å². The Balaban J connectivity index is 0.00000341. The van der Waals surface area contributed by atoms with Gasteiger partial charge in [0.25, 0.3) is 5.69 Å². The molecule has 0 bridgehead atoms. The van der Waals surface area contributed by atoms with Crippen LogP contribution in [0.5, 0.6) is 0 Å². The molecule has 31 heavy (non-hydrogen) atoms. The number of aliphatic imine (C=N–C) groups is 1. The lowest BCUT2D eigenvalue weighted by Gasteiger charge is -2.12. The van der Waals surface area contributed by atoms with Crippen LogP contribution in [0.2, 0.25) is 0 Å². The largest absolute Gasteiger partial charge is 0.467 e. The lowest BCUT2D eigenvalue weighted by atomic mass is 10.2. The summed E-state index contributed by atoms with van der Waals surface area (Å²) < 4.78 is 7.36. The highest BCUT2D eigenvalue weighted by atomic mass is 127. The monoisotopic (exact) mass is 538 g/mol. The third-order valence-corrected chi connectivity index (χ3v) is 4.52. The van der Waals surface area contributed by atoms with E-state index in [0.717, 1.165) is 42.2 Å². The second-order valence-corrected chi connectivity index (χ2v) is 6.95. The summed E-state index contributed by atoms with van der Waals surface area (Å²) in [6.07, 6.45) is 2.52. The van der Waals surface area contributed by atoms with E-state index in [1.54, 1.807) is 18.4 Å². The third kappa shape index (κ3) is 7.70. The van der Waals surface area contributed by atoms with Gasteiger partial charge in [0.1, 0.15) is 5.76 Å². The molecule has 0 atom stereocenters. The van der Waals surface area contributed by atoms with E-state index in [0.29, 0.717) is 19.0 Å². The van der Waals surface area contributed by atoms with Gasteiger partial charge < -0.3 is 15.1 Å². The molecule has 3 rings (SSSR count). The van der Waals surface area contributed by atoms with Gasteiger partial charge in [-0.25, -0.2) is 4.99 Å². The molecule has 2 heterocycles. The zero-order valence-electron chi connectivity index (χ0n) is 17.6. The molecule has 0 aliphatic carbocycles. The Labute approximate surface area is 198 Å². The minimum absolute atomic E-state index is 0. The average Bonchev–Trinajstić information content (AvgIpc) is 3.36. The van der Waals surface area contributed by atoms with Crippen LogP contribution in [0.15, 0.2) is 58.1 Å². The van der Waals surface area contributed by atoms with E-state index in [-0.39, 0.29) is 29.7 Å². The molecule has 0 saturated heterocycles. The Kier molecular flexibility index (Phi) is 9.50. The van der Waals surface area contributed by atoms with Gasteiger partial charge in [-0.05, 0) is 44.0 Å². The number of nitro benzene ring substituents is 1. The summed E-state index contributed by atoms with van der Waals surface area (Å²) in [6, 6.07) is 12.2. The number of non-ortho nitro benzene ring substituents is 1. The summed E-state index contributed by atoms with van der Waals surface area (Å²) >= 11 is 0. The molecule has 3 aromatic rings. The zero-order valence-corrected chi connectivity index (χ0v) is 19.9. The maximum atomic E-state index is 10.8. The Morgan fingerprint density at radius 1 is 1.23 bits per heavy atom. The van der Waals surface area contributed by atoms with Gasteiger partial charge in [0.15, 0.2) is 5.96 Å². The first-order valence-corrected chi connectivity index (χ1v) is 9.80. The number of aryl methyl sites for hydroxylation is 3. The predicted octanol–water partition coefficient (Wildman–Crippen LogP) is 3.94. The fourth-order valence-corrected chi connectivity index (χ4v) is 2.99. The van der Waals surface area contributed by atoms with Gasteiger partial charge in [0.05, 0.1) is 30.0 Å². The molecule has 2 N–H and O–H groups in total. The van der Waals surface area contributed by atoms with Crippen molar-refractivity contribution in [3.8, 4) is 0 Å². The first-order valence-electron chi connectivity index (χ1n) is 9.80. The maximum absolute atomic E-state index is 10.8. The van der Waals surface area contributed by atoms with E-state index in [1.807, 2.05) is 23.7 Å². The summed E-state index contributed by atoms with van der Waals surface area (Å²) in [5.74, 6) is 1.46. The van der Waals surface area contributed by atoms with Crippen molar-refractivity contribution in [1.29, 1.82) is 0 Å². The highest BCUT2D eigenvalue weighted by Gasteiger charge is 2.05. The molecular weight excluding hydrogens is 511 g/mol. The molecular formula is C21H27IN6O3. The smallest absolute Gasteiger partial charge is 0.269 e. The third-order valence-electron chi connectivity index (χ3n) is 4.52. The number of nitrogens with zero attached hydrogens (tertiary/aromatic N) is 4. The van der Waals surface area contributed by atoms with Gasteiger partial charge in [0, 0.05) is 30.9 Å². The topological polar surface area (TPSA) is 111 Å². The molecule has 0 spiro atoms. The summed E-state index contributed by atoms with van der Waals surface area (Å²) in [4.78, 5) is 15.0. The molecule has 1 aromatic carbocycles. The van der Waals surface area contributed by atoms with E-state index >= 15 is 0 Å². The number of aromatic nitrogens is 2. The molecule has 0 aliphatic heterocycles. The van der Waals surface area contributed by atoms with Crippen molar-refractivity contribution in [2.24, 2.45) is 4.99 Å². The van der Waals surface area contributed by atoms with Crippen LogP contribution in [0.1, 0.15) is 29.1 Å². The number of guanidine groups is 1. The number of nitrogens with one attached hydrogen (secondary N) is 2. The zero-order chi connectivity index (χ0) is 21.3. The van der Waals surface area contributed by atoms with E-state index in [4.69, 9.17) is 4.42 Å². The highest BCUT2D eigenvalue weighted by molar-refractivity contribution is 14.0. The second kappa shape index (κ2) is 12.1. The van der Waals surface area contributed by atoms with Crippen molar-refractivity contribution in [3.63, 3.8) is 0 Å². The fourth-order valence-electron chi connectivity index (χ4n) is 2.99. The molecule has 166 valence electrons. The summed E-state index contributed by atoms with van der Waals surface area (Å²) in [5, 5.41) is 21.8. The molecule has 0 saturated carbocycles. The number of rotatable bonds is 9. The number of halogens is 1. The maximum Gasteiger partial charge on any atom is 0.269 e. The van der Waals surface area contributed by atoms with Gasteiger partial charge in [-0.2, -0.15) is 5.10 Å². The molecule has 0 radical (unpaired) electrons. The Hall–Kier alpha value is -2.89. The van der Waals surface area contributed by atoms with Crippen molar-refractivity contribution in [3.05, 3.63) is 81.6 Å². The second-order valence-electron chi connectivity index (χ2n) is 6.95. The SMILES string of the molecule is Cc1cc(C)n(CCCNC(=NCc2ccc([N+](=O)[O-])cc2)NCc2ccco2)n1.I. The van der Waals surface area contributed by atoms with Crippen LogP contribution in [0.3, 0.4) is 0 Å². The Morgan fingerprint density at radius 3 is 2.61 bits per heavy atom. The van der Waals surface area contributed by atoms with Crippen LogP contribution >= 0.6 is 24.0 Å². The number of furan rings is 1. The number of hydrogen-bond acceptors (Lipinski definition) is 5. The van der Waals surface area contributed by atoms with Crippen molar-refractivity contribution in [1.82, 2.24) is 20.4 Å². The number of benzene rings is 1. The molecule has 10 heteroatoms. The summed E-state index contributed by atoms with van der Waals surface area (Å²) in [7, 11) is 0. The standard InChI is InChI=1S/C21H26N6O3.HI/c1-16-13-17(2)26(25-16)11-4-10-22-21(24-15-20-5-3-12-30-20)23-14-18-6-8-19(9-7-18)27(28)29;/h3,5-9,12-13H,4,10-11,14-15H2,1-2H3,(H2,22,23,24);1H. The number of hydrogen-bond donors (Lipinski definition) is 2. The van der Waals surface area contributed by atoms with Gasteiger partial charge in [-0.15, -0.1) is 24.0 Å². The van der Waals surface area contributed by atoms with Crippen molar-refractivity contribution in [2.45, 2.75) is 39.9 Å².